The smallest absolute Gasteiger partial charge is 0.405 e. The summed E-state index contributed by atoms with van der Waals surface area (Å²) in [5.41, 5.74) is -1.74. The summed E-state index contributed by atoms with van der Waals surface area (Å²) < 4.78 is 51.4. The van der Waals surface area contributed by atoms with Crippen LogP contribution in [0.3, 0.4) is 0 Å². The van der Waals surface area contributed by atoms with Crippen LogP contribution in [-0.2, 0) is 37.4 Å². The summed E-state index contributed by atoms with van der Waals surface area (Å²) in [7, 11) is -0.0865. The van der Waals surface area contributed by atoms with Crippen molar-refractivity contribution in [3.05, 3.63) is 24.3 Å². The second-order valence-corrected chi connectivity index (χ2v) is 12.8. The van der Waals surface area contributed by atoms with Gasteiger partial charge in [0.05, 0.1) is 17.9 Å². The van der Waals surface area contributed by atoms with Crippen LogP contribution in [0, 0.1) is 10.8 Å². The van der Waals surface area contributed by atoms with E-state index in [1.54, 1.807) is 65.8 Å². The molecule has 13 heteroatoms. The molecule has 38 heavy (non-hydrogen) atoms. The molecule has 12 nitrogen and oxygen atoms in total. The number of methoxy groups -OCH3 is 1. The van der Waals surface area contributed by atoms with Crippen molar-refractivity contribution in [2.45, 2.75) is 72.2 Å². The van der Waals surface area contributed by atoms with Crippen LogP contribution in [0.25, 0.3) is 0 Å². The van der Waals surface area contributed by atoms with E-state index in [9.17, 15) is 19.3 Å². The van der Waals surface area contributed by atoms with Crippen LogP contribution < -0.4 is 14.6 Å². The van der Waals surface area contributed by atoms with Crippen molar-refractivity contribution >= 4 is 19.7 Å². The summed E-state index contributed by atoms with van der Waals surface area (Å²) >= 11 is 0. The number of hydrogen-bond donors (Lipinski definition) is 2. The number of carbonyl (C=O) groups is 2. The number of carbonyl (C=O) groups excluding carboxylic acids is 2. The van der Waals surface area contributed by atoms with Crippen molar-refractivity contribution < 1.29 is 52.0 Å². The van der Waals surface area contributed by atoms with E-state index in [-0.39, 0.29) is 6.61 Å². The van der Waals surface area contributed by atoms with Gasteiger partial charge in [0.15, 0.2) is 6.10 Å². The predicted octanol–water partition coefficient (Wildman–Crippen LogP) is 3.07. The topological polar surface area (TPSA) is 148 Å². The van der Waals surface area contributed by atoms with E-state index in [0.717, 1.165) is 0 Å². The average Bonchev–Trinajstić information content (AvgIpc) is 2.85. The van der Waals surface area contributed by atoms with Crippen LogP contribution in [0.4, 0.5) is 0 Å². The van der Waals surface area contributed by atoms with E-state index in [1.165, 1.54) is 21.3 Å². The van der Waals surface area contributed by atoms with E-state index >= 15 is 0 Å². The van der Waals surface area contributed by atoms with Crippen LogP contribution in [-0.4, -0.2) is 75.6 Å². The zero-order valence-electron chi connectivity index (χ0n) is 23.4. The molecule has 1 heterocycles. The Bertz CT molecular complexity index is 979. The van der Waals surface area contributed by atoms with Gasteiger partial charge in [0.25, 0.3) is 0 Å². The maximum absolute atomic E-state index is 13.1. The molecule has 1 aromatic carbocycles. The number of nitrogens with one attached hydrogen (secondary N) is 1. The van der Waals surface area contributed by atoms with Gasteiger partial charge in [-0.1, -0.05) is 0 Å². The predicted molar refractivity (Wildman–Crippen MR) is 137 cm³/mol. The Hall–Kier alpha value is -2.21. The first-order chi connectivity index (χ1) is 17.5. The highest BCUT2D eigenvalue weighted by atomic mass is 31.2. The molecule has 2 N–H and O–H groups in total. The zero-order valence-corrected chi connectivity index (χ0v) is 24.3. The number of benzene rings is 1. The lowest BCUT2D eigenvalue weighted by Crippen LogP contribution is -2.65. The molecule has 1 aromatic rings. The summed E-state index contributed by atoms with van der Waals surface area (Å²) in [6.07, 6.45) is -5.34. The van der Waals surface area contributed by atoms with Gasteiger partial charge in [0, 0.05) is 14.2 Å². The first-order valence-corrected chi connectivity index (χ1v) is 13.6. The fraction of sp³-hybridized carbons (Fsp3) is 0.680. The van der Waals surface area contributed by atoms with Gasteiger partial charge in [-0.3, -0.25) is 9.59 Å². The lowest BCUT2D eigenvalue weighted by Gasteiger charge is -2.45. The largest absolute Gasteiger partial charge is 0.497 e. The molecule has 0 spiro atoms. The fourth-order valence-electron chi connectivity index (χ4n) is 3.26. The molecule has 2 rings (SSSR count). The molecule has 0 saturated carbocycles. The number of rotatable bonds is 10. The lowest BCUT2D eigenvalue weighted by atomic mass is 9.94. The Kier molecular flexibility index (Phi) is 10.7. The van der Waals surface area contributed by atoms with E-state index in [0.29, 0.717) is 11.5 Å². The van der Waals surface area contributed by atoms with Gasteiger partial charge >= 0.3 is 19.7 Å². The van der Waals surface area contributed by atoms with Crippen LogP contribution in [0.15, 0.2) is 24.3 Å². The summed E-state index contributed by atoms with van der Waals surface area (Å²) in [5.74, 6) is -0.254. The third kappa shape index (κ3) is 8.39. The van der Waals surface area contributed by atoms with Crippen LogP contribution in [0.1, 0.15) is 41.5 Å². The maximum atomic E-state index is 13.1. The maximum Gasteiger partial charge on any atom is 0.405 e. The SMILES string of the molecule is COc1ccc(O[C@@H]2O[C@H](COC(=O)C(C)(C)C)[C@@H](O)[C@H](OC(=O)C(C)(C)C)[C@H]2NP(=O)(OC)OC)cc1. The molecule has 5 atom stereocenters. The van der Waals surface area contributed by atoms with E-state index in [1.807, 2.05) is 0 Å². The van der Waals surface area contributed by atoms with Crippen LogP contribution in [0.2, 0.25) is 0 Å². The molecular formula is C25H40NO11P. The third-order valence-electron chi connectivity index (χ3n) is 5.62. The molecule has 0 bridgehead atoms. The molecule has 0 amide bonds. The van der Waals surface area contributed by atoms with Gasteiger partial charge < -0.3 is 37.8 Å². The summed E-state index contributed by atoms with van der Waals surface area (Å²) in [6, 6.07) is 5.30. The highest BCUT2D eigenvalue weighted by molar-refractivity contribution is 7.51. The van der Waals surface area contributed by atoms with E-state index < -0.39 is 61.2 Å². The number of esters is 2. The normalized spacial score (nSPS) is 24.4. The minimum absolute atomic E-state index is 0.329. The highest BCUT2D eigenvalue weighted by Crippen LogP contribution is 2.44. The Balaban J connectivity index is 2.49. The van der Waals surface area contributed by atoms with Crippen molar-refractivity contribution in [2.24, 2.45) is 10.8 Å². The fourth-order valence-corrected chi connectivity index (χ4v) is 4.25. The highest BCUT2D eigenvalue weighted by Gasteiger charge is 2.52. The van der Waals surface area contributed by atoms with Crippen molar-refractivity contribution in [3.8, 4) is 11.5 Å². The van der Waals surface area contributed by atoms with Crippen LogP contribution >= 0.6 is 7.75 Å². The first-order valence-electron chi connectivity index (χ1n) is 12.1. The van der Waals surface area contributed by atoms with Gasteiger partial charge in [0.2, 0.25) is 6.29 Å². The van der Waals surface area contributed by atoms with Gasteiger partial charge in [0.1, 0.15) is 36.4 Å². The van der Waals surface area contributed by atoms with Gasteiger partial charge in [-0.15, -0.1) is 0 Å². The standard InChI is InChI=1S/C25H40NO11P/c1-24(2,3)22(28)34-14-17-19(27)20(37-23(29)25(4,5)6)18(26-38(30,32-8)33-9)21(36-17)35-16-12-10-15(31-7)11-13-16/h10-13,17-21,27H,14H2,1-9H3,(H,26,30)/t17-,18-,19-,20-,21-/m1/s1. The molecule has 0 radical (unpaired) electrons. The lowest BCUT2D eigenvalue weighted by molar-refractivity contribution is -0.253. The minimum Gasteiger partial charge on any atom is -0.497 e. The molecular weight excluding hydrogens is 521 g/mol. The molecule has 0 unspecified atom stereocenters. The molecule has 0 aliphatic carbocycles. The monoisotopic (exact) mass is 561 g/mol. The number of ether oxygens (including phenoxy) is 5. The van der Waals surface area contributed by atoms with Crippen LogP contribution in [0.5, 0.6) is 11.5 Å². The van der Waals surface area contributed by atoms with Crippen molar-refractivity contribution in [2.75, 3.05) is 27.9 Å². The Morgan fingerprint density at radius 3 is 1.95 bits per heavy atom. The third-order valence-corrected chi connectivity index (χ3v) is 7.20. The van der Waals surface area contributed by atoms with E-state index in [4.69, 9.17) is 32.7 Å². The second-order valence-electron chi connectivity index (χ2n) is 10.8. The van der Waals surface area contributed by atoms with Gasteiger partial charge in [-0.05, 0) is 65.8 Å². The van der Waals surface area contributed by atoms with Gasteiger partial charge in [-0.2, -0.15) is 0 Å². The molecule has 1 aliphatic rings. The quantitative estimate of drug-likeness (QED) is 0.319. The van der Waals surface area contributed by atoms with Gasteiger partial charge in [-0.25, -0.2) is 9.65 Å². The van der Waals surface area contributed by atoms with Crippen molar-refractivity contribution in [1.82, 2.24) is 5.09 Å². The Morgan fingerprint density at radius 2 is 1.47 bits per heavy atom. The molecule has 1 fully saturated rings. The first kappa shape index (κ1) is 32.0. The molecule has 216 valence electrons. The van der Waals surface area contributed by atoms with E-state index in [2.05, 4.69) is 5.09 Å². The molecule has 1 saturated heterocycles. The number of aliphatic hydroxyl groups excluding tert-OH is 1. The summed E-state index contributed by atoms with van der Waals surface area (Å²) in [5, 5.41) is 13.9. The molecule has 1 aliphatic heterocycles. The summed E-state index contributed by atoms with van der Waals surface area (Å²) in [4.78, 5) is 25.3. The minimum atomic E-state index is -3.94. The number of hydrogen-bond acceptors (Lipinski definition) is 11. The number of aliphatic hydroxyl groups is 1. The Morgan fingerprint density at radius 1 is 0.947 bits per heavy atom. The second kappa shape index (κ2) is 12.8. The van der Waals surface area contributed by atoms with Crippen molar-refractivity contribution in [3.63, 3.8) is 0 Å². The van der Waals surface area contributed by atoms with Crippen molar-refractivity contribution in [1.29, 1.82) is 0 Å². The Labute approximate surface area is 223 Å². The molecule has 0 aromatic heterocycles. The summed E-state index contributed by atoms with van der Waals surface area (Å²) in [6.45, 7) is 9.63. The zero-order chi connectivity index (χ0) is 28.9. The average molecular weight is 562 g/mol.